The minimum atomic E-state index is -4.29. The van der Waals surface area contributed by atoms with Crippen LogP contribution in [0, 0.1) is 5.92 Å². The van der Waals surface area contributed by atoms with E-state index in [1.54, 1.807) is 6.07 Å². The van der Waals surface area contributed by atoms with E-state index < -0.39 is 11.7 Å². The van der Waals surface area contributed by atoms with E-state index in [-0.39, 0.29) is 6.04 Å². The summed E-state index contributed by atoms with van der Waals surface area (Å²) >= 11 is 0. The Morgan fingerprint density at radius 2 is 2.00 bits per heavy atom. The summed E-state index contributed by atoms with van der Waals surface area (Å²) in [5.41, 5.74) is 5.88. The number of benzene rings is 1. The lowest BCUT2D eigenvalue weighted by Gasteiger charge is -2.34. The van der Waals surface area contributed by atoms with Gasteiger partial charge in [0.1, 0.15) is 0 Å². The molecule has 5 heteroatoms. The molecule has 3 unspecified atom stereocenters. The first-order valence-corrected chi connectivity index (χ1v) is 7.55. The first kappa shape index (κ1) is 16.3. The van der Waals surface area contributed by atoms with Gasteiger partial charge >= 0.3 is 6.18 Å². The zero-order chi connectivity index (χ0) is 15.5. The number of rotatable bonds is 4. The molecule has 0 bridgehead atoms. The molecule has 0 heterocycles. The van der Waals surface area contributed by atoms with Crippen LogP contribution in [0.15, 0.2) is 24.3 Å². The fourth-order valence-electron chi connectivity index (χ4n) is 3.11. The van der Waals surface area contributed by atoms with Crippen LogP contribution in [-0.2, 0) is 6.18 Å². The summed E-state index contributed by atoms with van der Waals surface area (Å²) in [5.74, 6) is 0.423. The van der Waals surface area contributed by atoms with Crippen molar-refractivity contribution in [3.8, 4) is 0 Å². The molecule has 0 spiro atoms. The van der Waals surface area contributed by atoms with E-state index in [4.69, 9.17) is 5.73 Å². The largest absolute Gasteiger partial charge is 0.416 e. The Labute approximate surface area is 123 Å². The van der Waals surface area contributed by atoms with Crippen molar-refractivity contribution in [2.24, 2.45) is 11.7 Å². The molecule has 3 N–H and O–H groups in total. The highest BCUT2D eigenvalue weighted by molar-refractivity contribution is 5.27. The molecule has 1 aromatic carbocycles. The highest BCUT2D eigenvalue weighted by atomic mass is 19.4. The zero-order valence-corrected chi connectivity index (χ0v) is 12.3. The van der Waals surface area contributed by atoms with Gasteiger partial charge in [0.25, 0.3) is 0 Å². The first-order valence-electron chi connectivity index (χ1n) is 7.55. The summed E-state index contributed by atoms with van der Waals surface area (Å²) in [6.45, 7) is 2.55. The van der Waals surface area contributed by atoms with Crippen molar-refractivity contribution in [1.29, 1.82) is 0 Å². The van der Waals surface area contributed by atoms with Crippen molar-refractivity contribution in [3.63, 3.8) is 0 Å². The number of halogens is 3. The molecule has 0 aromatic heterocycles. The number of hydrogen-bond acceptors (Lipinski definition) is 2. The van der Waals surface area contributed by atoms with E-state index in [0.29, 0.717) is 24.1 Å². The van der Waals surface area contributed by atoms with Crippen molar-refractivity contribution in [2.75, 3.05) is 6.54 Å². The van der Waals surface area contributed by atoms with Gasteiger partial charge in [-0.3, -0.25) is 0 Å². The number of nitrogens with one attached hydrogen (secondary N) is 1. The average Bonchev–Trinajstić information content (AvgIpc) is 2.47. The van der Waals surface area contributed by atoms with Crippen LogP contribution in [0.5, 0.6) is 0 Å². The summed E-state index contributed by atoms with van der Waals surface area (Å²) in [4.78, 5) is 0. The standard InChI is InChI=1S/C16H23F3N2/c1-11(21-15-8-3-2-5-13(15)10-20)12-6-4-7-14(9-12)16(17,18)19/h4,6-7,9,11,13,15,21H,2-3,5,8,10,20H2,1H3. The fourth-order valence-corrected chi connectivity index (χ4v) is 3.11. The Balaban J connectivity index is 2.07. The molecule has 118 valence electrons. The van der Waals surface area contributed by atoms with E-state index in [2.05, 4.69) is 5.32 Å². The third kappa shape index (κ3) is 4.20. The molecule has 1 saturated carbocycles. The quantitative estimate of drug-likeness (QED) is 0.885. The molecular formula is C16H23F3N2. The molecule has 0 aliphatic heterocycles. The Hall–Kier alpha value is -1.07. The van der Waals surface area contributed by atoms with E-state index >= 15 is 0 Å². The van der Waals surface area contributed by atoms with Crippen molar-refractivity contribution < 1.29 is 13.2 Å². The Morgan fingerprint density at radius 3 is 2.67 bits per heavy atom. The van der Waals surface area contributed by atoms with Crippen LogP contribution in [0.2, 0.25) is 0 Å². The molecule has 2 rings (SSSR count). The van der Waals surface area contributed by atoms with E-state index in [9.17, 15) is 13.2 Å². The second-order valence-corrected chi connectivity index (χ2v) is 5.90. The molecule has 1 fully saturated rings. The Morgan fingerprint density at radius 1 is 1.29 bits per heavy atom. The maximum Gasteiger partial charge on any atom is 0.416 e. The van der Waals surface area contributed by atoms with Crippen LogP contribution in [0.4, 0.5) is 13.2 Å². The average molecular weight is 300 g/mol. The van der Waals surface area contributed by atoms with Crippen LogP contribution < -0.4 is 11.1 Å². The summed E-state index contributed by atoms with van der Waals surface area (Å²) in [6, 6.07) is 5.75. The van der Waals surface area contributed by atoms with Gasteiger partial charge in [-0.05, 0) is 49.9 Å². The van der Waals surface area contributed by atoms with Crippen LogP contribution in [0.1, 0.15) is 49.8 Å². The van der Waals surface area contributed by atoms with Crippen molar-refractivity contribution in [3.05, 3.63) is 35.4 Å². The van der Waals surface area contributed by atoms with Crippen LogP contribution >= 0.6 is 0 Å². The topological polar surface area (TPSA) is 38.0 Å². The van der Waals surface area contributed by atoms with Crippen molar-refractivity contribution in [1.82, 2.24) is 5.32 Å². The summed E-state index contributed by atoms with van der Waals surface area (Å²) in [7, 11) is 0. The van der Waals surface area contributed by atoms with Crippen molar-refractivity contribution >= 4 is 0 Å². The van der Waals surface area contributed by atoms with Crippen LogP contribution in [0.25, 0.3) is 0 Å². The Kier molecular flexibility index (Phi) is 5.27. The molecule has 1 aromatic rings. The normalized spacial score (nSPS) is 24.8. The monoisotopic (exact) mass is 300 g/mol. The van der Waals surface area contributed by atoms with Gasteiger partial charge in [0.15, 0.2) is 0 Å². The van der Waals surface area contributed by atoms with E-state index in [1.165, 1.54) is 18.6 Å². The van der Waals surface area contributed by atoms with Gasteiger partial charge < -0.3 is 11.1 Å². The van der Waals surface area contributed by atoms with Gasteiger partial charge in [0.05, 0.1) is 5.56 Å². The third-order valence-corrected chi connectivity index (χ3v) is 4.39. The lowest BCUT2D eigenvalue weighted by Crippen LogP contribution is -2.42. The smallest absolute Gasteiger partial charge is 0.330 e. The van der Waals surface area contributed by atoms with E-state index in [0.717, 1.165) is 25.3 Å². The minimum Gasteiger partial charge on any atom is -0.330 e. The molecular weight excluding hydrogens is 277 g/mol. The van der Waals surface area contributed by atoms with Gasteiger partial charge in [0, 0.05) is 12.1 Å². The Bertz CT molecular complexity index is 459. The predicted molar refractivity (Wildman–Crippen MR) is 77.8 cm³/mol. The lowest BCUT2D eigenvalue weighted by molar-refractivity contribution is -0.137. The zero-order valence-electron chi connectivity index (χ0n) is 12.3. The van der Waals surface area contributed by atoms with Gasteiger partial charge in [-0.15, -0.1) is 0 Å². The predicted octanol–water partition coefficient (Wildman–Crippen LogP) is 3.87. The summed E-state index contributed by atoms with van der Waals surface area (Å²) in [6.07, 6.45) is 0.205. The molecule has 0 radical (unpaired) electrons. The molecule has 0 amide bonds. The maximum atomic E-state index is 12.8. The molecule has 21 heavy (non-hydrogen) atoms. The molecule has 3 atom stereocenters. The van der Waals surface area contributed by atoms with E-state index in [1.807, 2.05) is 6.92 Å². The van der Waals surface area contributed by atoms with Crippen LogP contribution in [-0.4, -0.2) is 12.6 Å². The van der Waals surface area contributed by atoms with Gasteiger partial charge in [-0.1, -0.05) is 25.0 Å². The number of alkyl halides is 3. The second kappa shape index (κ2) is 6.79. The minimum absolute atomic E-state index is 0.107. The van der Waals surface area contributed by atoms with Crippen LogP contribution in [0.3, 0.4) is 0 Å². The lowest BCUT2D eigenvalue weighted by atomic mass is 9.84. The molecule has 1 aliphatic rings. The SMILES string of the molecule is CC(NC1CCCCC1CN)c1cccc(C(F)(F)F)c1. The van der Waals surface area contributed by atoms with Crippen molar-refractivity contribution in [2.45, 2.75) is 50.9 Å². The summed E-state index contributed by atoms with van der Waals surface area (Å²) in [5, 5.41) is 3.47. The second-order valence-electron chi connectivity index (χ2n) is 5.90. The number of hydrogen-bond donors (Lipinski definition) is 2. The highest BCUT2D eigenvalue weighted by Crippen LogP contribution is 2.31. The molecule has 1 aliphatic carbocycles. The molecule has 0 saturated heterocycles. The highest BCUT2D eigenvalue weighted by Gasteiger charge is 2.31. The first-order chi connectivity index (χ1) is 9.91. The molecule has 2 nitrogen and oxygen atoms in total. The summed E-state index contributed by atoms with van der Waals surface area (Å²) < 4.78 is 38.3. The maximum absolute atomic E-state index is 12.8. The third-order valence-electron chi connectivity index (χ3n) is 4.39. The van der Waals surface area contributed by atoms with Gasteiger partial charge in [-0.25, -0.2) is 0 Å². The fraction of sp³-hybridized carbons (Fsp3) is 0.625. The number of nitrogens with two attached hydrogens (primary N) is 1. The van der Waals surface area contributed by atoms with Gasteiger partial charge in [0.2, 0.25) is 0 Å². The van der Waals surface area contributed by atoms with Gasteiger partial charge in [-0.2, -0.15) is 13.2 Å².